The summed E-state index contributed by atoms with van der Waals surface area (Å²) in [4.78, 5) is 24.4. The van der Waals surface area contributed by atoms with E-state index in [0.29, 0.717) is 11.4 Å². The fraction of sp³-hybridized carbons (Fsp3) is 0.105. The Morgan fingerprint density at radius 3 is 2.43 bits per heavy atom. The van der Waals surface area contributed by atoms with Crippen LogP contribution in [-0.4, -0.2) is 26.2 Å². The molecular formula is C19H14Cl2N4O3. The van der Waals surface area contributed by atoms with Crippen LogP contribution in [-0.2, 0) is 13.1 Å². The SMILES string of the molecule is O=C1N(Cc2ccccc2)c2ncncc2CN1c1c(Cl)c(O)cc(O)c1Cl. The van der Waals surface area contributed by atoms with Crippen LogP contribution in [0.3, 0.4) is 0 Å². The summed E-state index contributed by atoms with van der Waals surface area (Å²) in [5.74, 6) is -0.274. The highest BCUT2D eigenvalue weighted by atomic mass is 35.5. The summed E-state index contributed by atoms with van der Waals surface area (Å²) < 4.78 is 0. The number of carbonyl (C=O) groups is 1. The molecular weight excluding hydrogens is 403 g/mol. The Balaban J connectivity index is 1.83. The Morgan fingerprint density at radius 2 is 1.75 bits per heavy atom. The Hall–Kier alpha value is -3.03. The third kappa shape index (κ3) is 3.08. The van der Waals surface area contributed by atoms with Crippen molar-refractivity contribution in [2.75, 3.05) is 9.80 Å². The van der Waals surface area contributed by atoms with Crippen LogP contribution in [0.5, 0.6) is 11.5 Å². The average Bonchev–Trinajstić information content (AvgIpc) is 2.70. The first-order chi connectivity index (χ1) is 13.5. The quantitative estimate of drug-likeness (QED) is 0.662. The zero-order valence-corrected chi connectivity index (χ0v) is 15.9. The molecule has 0 saturated carbocycles. The molecule has 2 aromatic carbocycles. The van der Waals surface area contributed by atoms with Crippen molar-refractivity contribution >= 4 is 40.7 Å². The van der Waals surface area contributed by atoms with Crippen molar-refractivity contribution in [3.8, 4) is 11.5 Å². The number of hydrogen-bond donors (Lipinski definition) is 2. The molecule has 0 unspecified atom stereocenters. The van der Waals surface area contributed by atoms with E-state index in [0.717, 1.165) is 11.6 Å². The van der Waals surface area contributed by atoms with E-state index in [1.165, 1.54) is 16.1 Å². The van der Waals surface area contributed by atoms with Gasteiger partial charge in [-0.15, -0.1) is 0 Å². The fourth-order valence-corrected chi connectivity index (χ4v) is 3.65. The fourth-order valence-electron chi connectivity index (χ4n) is 3.10. The van der Waals surface area contributed by atoms with E-state index >= 15 is 0 Å². The summed E-state index contributed by atoms with van der Waals surface area (Å²) in [6, 6.07) is 10.0. The van der Waals surface area contributed by atoms with Crippen LogP contribution < -0.4 is 9.80 Å². The molecule has 0 bridgehead atoms. The van der Waals surface area contributed by atoms with E-state index in [4.69, 9.17) is 23.2 Å². The van der Waals surface area contributed by atoms with Gasteiger partial charge in [0.25, 0.3) is 0 Å². The minimum Gasteiger partial charge on any atom is -0.506 e. The molecule has 0 fully saturated rings. The van der Waals surface area contributed by atoms with Gasteiger partial charge in [-0.2, -0.15) is 0 Å². The molecule has 2 amide bonds. The molecule has 1 aliphatic rings. The van der Waals surface area contributed by atoms with Crippen molar-refractivity contribution in [1.29, 1.82) is 0 Å². The number of aromatic nitrogens is 2. The first-order valence-corrected chi connectivity index (χ1v) is 9.04. The van der Waals surface area contributed by atoms with Crippen molar-refractivity contribution in [3.05, 3.63) is 70.1 Å². The Kier molecular flexibility index (Phi) is 4.70. The summed E-state index contributed by atoms with van der Waals surface area (Å²) in [5, 5.41) is 19.7. The van der Waals surface area contributed by atoms with E-state index in [2.05, 4.69) is 9.97 Å². The maximum Gasteiger partial charge on any atom is 0.330 e. The summed E-state index contributed by atoms with van der Waals surface area (Å²) in [6.07, 6.45) is 2.98. The predicted molar refractivity (Wildman–Crippen MR) is 106 cm³/mol. The number of hydrogen-bond acceptors (Lipinski definition) is 5. The average molecular weight is 417 g/mol. The van der Waals surface area contributed by atoms with Gasteiger partial charge >= 0.3 is 6.03 Å². The maximum atomic E-state index is 13.3. The van der Waals surface area contributed by atoms with E-state index in [9.17, 15) is 15.0 Å². The number of amides is 2. The highest BCUT2D eigenvalue weighted by molar-refractivity contribution is 6.42. The lowest BCUT2D eigenvalue weighted by molar-refractivity contribution is 0.249. The van der Waals surface area contributed by atoms with Crippen LogP contribution in [0, 0.1) is 0 Å². The lowest BCUT2D eigenvalue weighted by Crippen LogP contribution is -2.47. The van der Waals surface area contributed by atoms with Crippen LogP contribution in [0.15, 0.2) is 48.9 Å². The number of rotatable bonds is 3. The molecule has 1 aliphatic heterocycles. The van der Waals surface area contributed by atoms with Crippen molar-refractivity contribution in [2.24, 2.45) is 0 Å². The van der Waals surface area contributed by atoms with Gasteiger partial charge < -0.3 is 10.2 Å². The first-order valence-electron chi connectivity index (χ1n) is 8.29. The van der Waals surface area contributed by atoms with Gasteiger partial charge in [-0.25, -0.2) is 14.8 Å². The number of phenols is 2. The van der Waals surface area contributed by atoms with Crippen LogP contribution in [0.1, 0.15) is 11.1 Å². The molecule has 7 nitrogen and oxygen atoms in total. The molecule has 0 atom stereocenters. The monoisotopic (exact) mass is 416 g/mol. The Labute approximate surface area is 170 Å². The van der Waals surface area contributed by atoms with Gasteiger partial charge in [-0.1, -0.05) is 53.5 Å². The molecule has 9 heteroatoms. The molecule has 0 aliphatic carbocycles. The molecule has 28 heavy (non-hydrogen) atoms. The van der Waals surface area contributed by atoms with Gasteiger partial charge in [0.1, 0.15) is 33.7 Å². The number of carbonyl (C=O) groups excluding carboxylic acids is 1. The van der Waals surface area contributed by atoms with E-state index < -0.39 is 6.03 Å². The number of aromatic hydroxyl groups is 2. The van der Waals surface area contributed by atoms with Crippen LogP contribution in [0.4, 0.5) is 16.3 Å². The van der Waals surface area contributed by atoms with Crippen molar-refractivity contribution in [1.82, 2.24) is 9.97 Å². The van der Waals surface area contributed by atoms with Gasteiger partial charge in [0.2, 0.25) is 0 Å². The standard InChI is InChI=1S/C19H14Cl2N4O3/c20-15-13(26)6-14(27)16(21)17(15)24-9-12-7-22-10-23-18(12)25(19(24)28)8-11-4-2-1-3-5-11/h1-7,10,26-27H,8-9H2. The largest absolute Gasteiger partial charge is 0.506 e. The molecule has 3 aromatic rings. The molecule has 4 rings (SSSR count). The summed E-state index contributed by atoms with van der Waals surface area (Å²) in [5.41, 5.74) is 1.60. The number of halogens is 2. The number of fused-ring (bicyclic) bond motifs is 1. The highest BCUT2D eigenvalue weighted by Crippen LogP contribution is 2.47. The molecule has 0 saturated heterocycles. The molecule has 2 heterocycles. The first kappa shape index (κ1) is 18.3. The van der Waals surface area contributed by atoms with Crippen molar-refractivity contribution in [3.63, 3.8) is 0 Å². The summed E-state index contributed by atoms with van der Waals surface area (Å²) >= 11 is 12.4. The second kappa shape index (κ2) is 7.18. The summed E-state index contributed by atoms with van der Waals surface area (Å²) in [7, 11) is 0. The minimum absolute atomic E-state index is 0.0263. The Bertz CT molecular complexity index is 1040. The van der Waals surface area contributed by atoms with Gasteiger partial charge in [-0.05, 0) is 5.56 Å². The van der Waals surface area contributed by atoms with Gasteiger partial charge in [0.15, 0.2) is 0 Å². The third-order valence-electron chi connectivity index (χ3n) is 4.40. The van der Waals surface area contributed by atoms with Crippen molar-refractivity contribution in [2.45, 2.75) is 13.1 Å². The molecule has 0 radical (unpaired) electrons. The number of anilines is 2. The zero-order chi connectivity index (χ0) is 19.8. The topological polar surface area (TPSA) is 89.8 Å². The third-order valence-corrected chi connectivity index (χ3v) is 5.15. The van der Waals surface area contributed by atoms with Crippen molar-refractivity contribution < 1.29 is 15.0 Å². The van der Waals surface area contributed by atoms with E-state index in [1.807, 2.05) is 30.3 Å². The van der Waals surface area contributed by atoms with Gasteiger partial charge in [-0.3, -0.25) is 9.80 Å². The van der Waals surface area contributed by atoms with Crippen LogP contribution >= 0.6 is 23.2 Å². The predicted octanol–water partition coefficient (Wildman–Crippen LogP) is 4.34. The van der Waals surface area contributed by atoms with E-state index in [-0.39, 0.29) is 40.3 Å². The molecule has 142 valence electrons. The minimum atomic E-state index is -0.441. The number of phenolic OH excluding ortho intramolecular Hbond substituents is 2. The van der Waals surface area contributed by atoms with Crippen LogP contribution in [0.25, 0.3) is 0 Å². The lowest BCUT2D eigenvalue weighted by atomic mass is 10.1. The number of nitrogens with zero attached hydrogens (tertiary/aromatic N) is 4. The molecule has 1 aromatic heterocycles. The second-order valence-corrected chi connectivity index (χ2v) is 6.96. The van der Waals surface area contributed by atoms with E-state index in [1.54, 1.807) is 6.20 Å². The van der Waals surface area contributed by atoms with Gasteiger partial charge in [0, 0.05) is 17.8 Å². The zero-order valence-electron chi connectivity index (χ0n) is 14.4. The maximum absolute atomic E-state index is 13.3. The smallest absolute Gasteiger partial charge is 0.330 e. The molecule has 0 spiro atoms. The lowest BCUT2D eigenvalue weighted by Gasteiger charge is -2.36. The Morgan fingerprint density at radius 1 is 1.07 bits per heavy atom. The van der Waals surface area contributed by atoms with Crippen LogP contribution in [0.2, 0.25) is 10.0 Å². The highest BCUT2D eigenvalue weighted by Gasteiger charge is 2.35. The molecule has 2 N–H and O–H groups in total. The van der Waals surface area contributed by atoms with Gasteiger partial charge in [0.05, 0.1) is 18.8 Å². The second-order valence-electron chi connectivity index (χ2n) is 6.20. The summed E-state index contributed by atoms with van der Waals surface area (Å²) in [6.45, 7) is 0.350. The normalized spacial score (nSPS) is 13.6. The number of benzene rings is 2. The number of urea groups is 1.